The molecule has 0 aromatic carbocycles. The van der Waals surface area contributed by atoms with Gasteiger partial charge in [-0.3, -0.25) is 4.79 Å². The van der Waals surface area contributed by atoms with Crippen LogP contribution in [-0.2, 0) is 23.7 Å². The highest BCUT2D eigenvalue weighted by atomic mass is 16.7. The second-order valence-corrected chi connectivity index (χ2v) is 14.8. The average Bonchev–Trinajstić information content (AvgIpc) is 3.16. The van der Waals surface area contributed by atoms with Gasteiger partial charge in [-0.05, 0) is 44.9 Å². The summed E-state index contributed by atoms with van der Waals surface area (Å²) in [5, 5.41) is 40.0. The molecule has 1 aliphatic rings. The number of allylic oxidation sites excluding steroid dienone is 6. The normalized spacial score (nSPS) is 21.4. The standard InChI is InChI=1S/C44H80O9/c1-3-5-7-9-11-13-15-17-19-21-23-25-27-29-31-33-40(46)52-38(37-51-44-43(49)42(48)41(47)39(35-45)53-44)36-50-34-32-30-28-26-24-22-20-18-16-14-12-10-8-6-4-2/h5,7,11,13,17,19,38-39,41-45,47-49H,3-4,6,8-10,12,14-16,18,20-37H2,1-2H3/b7-5-,13-11-,19-17-. The van der Waals surface area contributed by atoms with Crippen LogP contribution in [0.4, 0.5) is 0 Å². The first kappa shape index (κ1) is 49.4. The molecule has 0 aromatic rings. The Morgan fingerprint density at radius 1 is 0.623 bits per heavy atom. The van der Waals surface area contributed by atoms with Gasteiger partial charge in [0.15, 0.2) is 6.29 Å². The summed E-state index contributed by atoms with van der Waals surface area (Å²) < 4.78 is 22.8. The maximum atomic E-state index is 12.7. The lowest BCUT2D eigenvalue weighted by atomic mass is 9.99. The van der Waals surface area contributed by atoms with Gasteiger partial charge in [0.25, 0.3) is 0 Å². The first-order chi connectivity index (χ1) is 25.9. The molecule has 4 N–H and O–H groups in total. The number of esters is 1. The summed E-state index contributed by atoms with van der Waals surface area (Å²) in [5.74, 6) is -0.329. The van der Waals surface area contributed by atoms with Crippen molar-refractivity contribution in [3.8, 4) is 0 Å². The molecule has 0 saturated carbocycles. The van der Waals surface area contributed by atoms with Gasteiger partial charge in [-0.1, -0.05) is 159 Å². The Balaban J connectivity index is 2.29. The van der Waals surface area contributed by atoms with Crippen molar-refractivity contribution in [3.63, 3.8) is 0 Å². The number of unbranched alkanes of at least 4 members (excludes halogenated alkanes) is 19. The molecule has 0 amide bonds. The zero-order valence-electron chi connectivity index (χ0n) is 33.8. The zero-order chi connectivity index (χ0) is 38.6. The van der Waals surface area contributed by atoms with Crippen molar-refractivity contribution in [1.29, 1.82) is 0 Å². The van der Waals surface area contributed by atoms with Crippen LogP contribution < -0.4 is 0 Å². The van der Waals surface area contributed by atoms with E-state index in [1.165, 1.54) is 83.5 Å². The third-order valence-corrected chi connectivity index (χ3v) is 9.82. The molecule has 0 aromatic heterocycles. The SMILES string of the molecule is CC/C=C\C/C=C\C/C=C\CCCCCCCC(=O)OC(COCCCCCCCCCCCCCCCCC)COC1OC(CO)C(O)C(O)C1O. The predicted molar refractivity (Wildman–Crippen MR) is 215 cm³/mol. The maximum absolute atomic E-state index is 12.7. The Bertz CT molecular complexity index is 905. The van der Waals surface area contributed by atoms with Gasteiger partial charge in [0.1, 0.15) is 30.5 Å². The fourth-order valence-electron chi connectivity index (χ4n) is 6.45. The molecule has 53 heavy (non-hydrogen) atoms. The van der Waals surface area contributed by atoms with E-state index in [4.69, 9.17) is 18.9 Å². The fraction of sp³-hybridized carbons (Fsp3) is 0.841. The Kier molecular flexibility index (Phi) is 33.6. The van der Waals surface area contributed by atoms with Gasteiger partial charge >= 0.3 is 5.97 Å². The van der Waals surface area contributed by atoms with E-state index in [1.54, 1.807) is 0 Å². The monoisotopic (exact) mass is 753 g/mol. The van der Waals surface area contributed by atoms with Crippen LogP contribution in [-0.4, -0.2) is 89.6 Å². The topological polar surface area (TPSA) is 135 Å². The average molecular weight is 753 g/mol. The van der Waals surface area contributed by atoms with Crippen LogP contribution in [0.1, 0.15) is 174 Å². The van der Waals surface area contributed by atoms with Gasteiger partial charge in [0, 0.05) is 13.0 Å². The third kappa shape index (κ3) is 27.6. The molecule has 1 heterocycles. The summed E-state index contributed by atoms with van der Waals surface area (Å²) >= 11 is 0. The third-order valence-electron chi connectivity index (χ3n) is 9.82. The zero-order valence-corrected chi connectivity index (χ0v) is 33.8. The first-order valence-corrected chi connectivity index (χ1v) is 21.6. The summed E-state index contributed by atoms with van der Waals surface area (Å²) in [6.07, 6.45) is 34.5. The first-order valence-electron chi connectivity index (χ1n) is 21.6. The second-order valence-electron chi connectivity index (χ2n) is 14.8. The van der Waals surface area contributed by atoms with Crippen LogP contribution in [0.5, 0.6) is 0 Å². The second kappa shape index (κ2) is 36.1. The molecule has 9 nitrogen and oxygen atoms in total. The van der Waals surface area contributed by atoms with E-state index < -0.39 is 43.4 Å². The maximum Gasteiger partial charge on any atom is 0.306 e. The van der Waals surface area contributed by atoms with Crippen molar-refractivity contribution < 1.29 is 44.2 Å². The highest BCUT2D eigenvalue weighted by Gasteiger charge is 2.44. The van der Waals surface area contributed by atoms with E-state index in [-0.39, 0.29) is 19.2 Å². The number of carbonyl (C=O) groups excluding carboxylic acids is 1. The van der Waals surface area contributed by atoms with E-state index in [0.717, 1.165) is 70.6 Å². The largest absolute Gasteiger partial charge is 0.457 e. The summed E-state index contributed by atoms with van der Waals surface area (Å²) in [7, 11) is 0. The van der Waals surface area contributed by atoms with E-state index in [1.807, 2.05) is 0 Å². The van der Waals surface area contributed by atoms with Gasteiger partial charge in [-0.2, -0.15) is 0 Å². The van der Waals surface area contributed by atoms with Crippen molar-refractivity contribution in [1.82, 2.24) is 0 Å². The molecule has 1 rings (SSSR count). The van der Waals surface area contributed by atoms with Crippen molar-refractivity contribution in [2.75, 3.05) is 26.4 Å². The van der Waals surface area contributed by atoms with Crippen LogP contribution in [0.2, 0.25) is 0 Å². The molecule has 0 bridgehead atoms. The fourth-order valence-corrected chi connectivity index (χ4v) is 6.45. The minimum Gasteiger partial charge on any atom is -0.457 e. The molecule has 0 spiro atoms. The van der Waals surface area contributed by atoms with Gasteiger partial charge < -0.3 is 39.4 Å². The Morgan fingerprint density at radius 3 is 1.74 bits per heavy atom. The number of rotatable bonds is 36. The summed E-state index contributed by atoms with van der Waals surface area (Å²) in [5.41, 5.74) is 0. The smallest absolute Gasteiger partial charge is 0.306 e. The van der Waals surface area contributed by atoms with Gasteiger partial charge in [0.05, 0.1) is 19.8 Å². The molecule has 0 aliphatic carbocycles. The van der Waals surface area contributed by atoms with Crippen LogP contribution in [0.15, 0.2) is 36.5 Å². The molecule has 6 unspecified atom stereocenters. The summed E-state index contributed by atoms with van der Waals surface area (Å²) in [4.78, 5) is 12.7. The molecular weight excluding hydrogens is 672 g/mol. The number of aliphatic hydroxyl groups excluding tert-OH is 4. The quantitative estimate of drug-likeness (QED) is 0.0281. The molecule has 1 saturated heterocycles. The highest BCUT2D eigenvalue weighted by molar-refractivity contribution is 5.69. The lowest BCUT2D eigenvalue weighted by Gasteiger charge is -2.39. The van der Waals surface area contributed by atoms with E-state index in [9.17, 15) is 25.2 Å². The van der Waals surface area contributed by atoms with E-state index in [0.29, 0.717) is 13.0 Å². The minimum atomic E-state index is -1.54. The van der Waals surface area contributed by atoms with Crippen LogP contribution >= 0.6 is 0 Å². The van der Waals surface area contributed by atoms with E-state index >= 15 is 0 Å². The molecule has 1 fully saturated rings. The number of ether oxygens (including phenoxy) is 4. The number of hydrogen-bond acceptors (Lipinski definition) is 9. The predicted octanol–water partition coefficient (Wildman–Crippen LogP) is 9.19. The Labute approximate surface area is 323 Å². The lowest BCUT2D eigenvalue weighted by Crippen LogP contribution is -2.59. The molecule has 6 atom stereocenters. The van der Waals surface area contributed by atoms with Crippen molar-refractivity contribution in [2.24, 2.45) is 0 Å². The molecule has 1 aliphatic heterocycles. The summed E-state index contributed by atoms with van der Waals surface area (Å²) in [6, 6.07) is 0. The number of hydrogen-bond donors (Lipinski definition) is 4. The summed E-state index contributed by atoms with van der Waals surface area (Å²) in [6.45, 7) is 4.43. The molecule has 9 heteroatoms. The molecule has 0 radical (unpaired) electrons. The minimum absolute atomic E-state index is 0.119. The highest BCUT2D eigenvalue weighted by Crippen LogP contribution is 2.22. The molecular formula is C44H80O9. The number of carbonyl (C=O) groups is 1. The van der Waals surface area contributed by atoms with Crippen LogP contribution in [0, 0.1) is 0 Å². The Hall–Kier alpha value is -1.59. The molecule has 310 valence electrons. The van der Waals surface area contributed by atoms with Gasteiger partial charge in [0.2, 0.25) is 0 Å². The van der Waals surface area contributed by atoms with E-state index in [2.05, 4.69) is 50.3 Å². The Morgan fingerprint density at radius 2 is 1.15 bits per heavy atom. The number of aliphatic hydroxyl groups is 4. The van der Waals surface area contributed by atoms with Crippen LogP contribution in [0.3, 0.4) is 0 Å². The van der Waals surface area contributed by atoms with Crippen molar-refractivity contribution in [2.45, 2.75) is 211 Å². The van der Waals surface area contributed by atoms with Gasteiger partial charge in [-0.15, -0.1) is 0 Å². The van der Waals surface area contributed by atoms with Crippen molar-refractivity contribution in [3.05, 3.63) is 36.5 Å². The van der Waals surface area contributed by atoms with Gasteiger partial charge in [-0.25, -0.2) is 0 Å². The van der Waals surface area contributed by atoms with Crippen LogP contribution in [0.25, 0.3) is 0 Å². The van der Waals surface area contributed by atoms with Crippen molar-refractivity contribution >= 4 is 5.97 Å². The lowest BCUT2D eigenvalue weighted by molar-refractivity contribution is -0.305.